The monoisotopic (exact) mass is 397 g/mol. The van der Waals surface area contributed by atoms with Crippen molar-refractivity contribution in [2.24, 2.45) is 0 Å². The molecule has 1 aliphatic heterocycles. The van der Waals surface area contributed by atoms with Gasteiger partial charge in [0.25, 0.3) is 0 Å². The van der Waals surface area contributed by atoms with Crippen molar-refractivity contribution >= 4 is 17.5 Å². The van der Waals surface area contributed by atoms with Crippen LogP contribution in [0.5, 0.6) is 11.5 Å². The van der Waals surface area contributed by atoms with Gasteiger partial charge in [-0.1, -0.05) is 36.4 Å². The van der Waals surface area contributed by atoms with Crippen molar-refractivity contribution in [1.82, 2.24) is 15.0 Å². The molecular weight excluding hydrogens is 378 g/mol. The Morgan fingerprint density at radius 1 is 0.833 bits per heavy atom. The lowest BCUT2D eigenvalue weighted by molar-refractivity contribution is 0.174. The van der Waals surface area contributed by atoms with Gasteiger partial charge in [-0.3, -0.25) is 4.98 Å². The third-order valence-corrected chi connectivity index (χ3v) is 4.59. The molecule has 7 heteroatoms. The van der Waals surface area contributed by atoms with Gasteiger partial charge in [0, 0.05) is 29.6 Å². The molecule has 0 spiro atoms. The smallest absolute Gasteiger partial charge is 0.231 e. The maximum atomic E-state index is 5.47. The van der Waals surface area contributed by atoms with Gasteiger partial charge in [-0.05, 0) is 24.3 Å². The molecule has 2 N–H and O–H groups in total. The van der Waals surface area contributed by atoms with Gasteiger partial charge in [-0.15, -0.1) is 0 Å². The van der Waals surface area contributed by atoms with E-state index in [1.54, 1.807) is 6.20 Å². The number of nitrogens with one attached hydrogen (secondary N) is 2. The quantitative estimate of drug-likeness (QED) is 0.491. The molecule has 7 nitrogen and oxygen atoms in total. The first kappa shape index (κ1) is 17.9. The highest BCUT2D eigenvalue weighted by Gasteiger charge is 2.14. The Morgan fingerprint density at radius 2 is 1.70 bits per heavy atom. The number of fused-ring (bicyclic) bond motifs is 1. The predicted molar refractivity (Wildman–Crippen MR) is 115 cm³/mol. The van der Waals surface area contributed by atoms with Gasteiger partial charge in [0.15, 0.2) is 11.5 Å². The molecule has 0 saturated carbocycles. The van der Waals surface area contributed by atoms with Crippen LogP contribution in [0.15, 0.2) is 79.0 Å². The molecule has 1 aliphatic rings. The van der Waals surface area contributed by atoms with Crippen molar-refractivity contribution in [3.63, 3.8) is 0 Å². The Kier molecular flexibility index (Phi) is 4.83. The van der Waals surface area contributed by atoms with Crippen LogP contribution in [0.2, 0.25) is 0 Å². The molecule has 3 heterocycles. The van der Waals surface area contributed by atoms with E-state index in [0.717, 1.165) is 28.4 Å². The second kappa shape index (κ2) is 8.08. The third-order valence-electron chi connectivity index (χ3n) is 4.59. The largest absolute Gasteiger partial charge is 0.454 e. The Morgan fingerprint density at radius 3 is 2.57 bits per heavy atom. The lowest BCUT2D eigenvalue weighted by Crippen LogP contribution is -2.07. The maximum Gasteiger partial charge on any atom is 0.231 e. The first-order valence-electron chi connectivity index (χ1n) is 9.58. The number of anilines is 3. The summed E-state index contributed by atoms with van der Waals surface area (Å²) in [6, 6.07) is 23.4. The Labute approximate surface area is 173 Å². The summed E-state index contributed by atoms with van der Waals surface area (Å²) >= 11 is 0. The van der Waals surface area contributed by atoms with E-state index in [0.29, 0.717) is 24.1 Å². The second-order valence-electron chi connectivity index (χ2n) is 6.70. The van der Waals surface area contributed by atoms with E-state index >= 15 is 0 Å². The molecule has 0 amide bonds. The summed E-state index contributed by atoms with van der Waals surface area (Å²) in [5.74, 6) is 2.65. The average molecular weight is 397 g/mol. The normalized spacial score (nSPS) is 11.9. The summed E-state index contributed by atoms with van der Waals surface area (Å²) < 4.78 is 10.8. The fourth-order valence-electron chi connectivity index (χ4n) is 3.14. The van der Waals surface area contributed by atoms with Crippen LogP contribution in [0.1, 0.15) is 5.69 Å². The fraction of sp³-hybridized carbons (Fsp3) is 0.0870. The van der Waals surface area contributed by atoms with Gasteiger partial charge in [-0.2, -0.15) is 4.98 Å². The average Bonchev–Trinajstić information content (AvgIpc) is 3.27. The first-order valence-corrected chi connectivity index (χ1v) is 9.58. The van der Waals surface area contributed by atoms with Crippen LogP contribution in [0, 0.1) is 0 Å². The number of nitrogens with zero attached hydrogens (tertiary/aromatic N) is 3. The molecule has 0 atom stereocenters. The fourth-order valence-corrected chi connectivity index (χ4v) is 3.14. The molecule has 148 valence electrons. The van der Waals surface area contributed by atoms with Crippen LogP contribution in [-0.4, -0.2) is 21.7 Å². The third kappa shape index (κ3) is 4.00. The van der Waals surface area contributed by atoms with Crippen LogP contribution in [0.3, 0.4) is 0 Å². The highest BCUT2D eigenvalue weighted by molar-refractivity contribution is 5.68. The lowest BCUT2D eigenvalue weighted by atomic mass is 10.1. The van der Waals surface area contributed by atoms with E-state index in [1.165, 1.54) is 0 Å². The molecular formula is C23H19N5O2. The predicted octanol–water partition coefficient (Wildman–Crippen LogP) is 4.62. The zero-order valence-electron chi connectivity index (χ0n) is 16.1. The van der Waals surface area contributed by atoms with Crippen molar-refractivity contribution in [2.75, 3.05) is 17.4 Å². The zero-order valence-corrected chi connectivity index (χ0v) is 16.1. The molecule has 0 radical (unpaired) electrons. The molecule has 0 saturated heterocycles. The Balaban J connectivity index is 1.44. The Hall–Kier alpha value is -4.13. The van der Waals surface area contributed by atoms with Crippen LogP contribution in [-0.2, 0) is 6.54 Å². The summed E-state index contributed by atoms with van der Waals surface area (Å²) in [6.07, 6.45) is 1.77. The van der Waals surface area contributed by atoms with Crippen LogP contribution in [0.25, 0.3) is 11.3 Å². The lowest BCUT2D eigenvalue weighted by Gasteiger charge is -2.12. The number of ether oxygens (including phenoxy) is 2. The van der Waals surface area contributed by atoms with Crippen molar-refractivity contribution in [2.45, 2.75) is 6.54 Å². The van der Waals surface area contributed by atoms with Crippen LogP contribution >= 0.6 is 0 Å². The van der Waals surface area contributed by atoms with Crippen molar-refractivity contribution in [3.05, 3.63) is 84.7 Å². The minimum absolute atomic E-state index is 0.242. The number of rotatable bonds is 6. The number of benzene rings is 2. The molecule has 5 rings (SSSR count). The van der Waals surface area contributed by atoms with Gasteiger partial charge >= 0.3 is 0 Å². The zero-order chi connectivity index (χ0) is 20.2. The molecule has 0 aliphatic carbocycles. The number of aromatic nitrogens is 3. The summed E-state index contributed by atoms with van der Waals surface area (Å²) in [5.41, 5.74) is 3.59. The summed E-state index contributed by atoms with van der Waals surface area (Å²) in [7, 11) is 0. The Bertz CT molecular complexity index is 1150. The van der Waals surface area contributed by atoms with E-state index < -0.39 is 0 Å². The molecule has 0 unspecified atom stereocenters. The van der Waals surface area contributed by atoms with Crippen molar-refractivity contribution < 1.29 is 9.47 Å². The van der Waals surface area contributed by atoms with Crippen LogP contribution in [0.4, 0.5) is 17.5 Å². The van der Waals surface area contributed by atoms with Crippen molar-refractivity contribution in [1.29, 1.82) is 0 Å². The minimum atomic E-state index is 0.242. The maximum absolute atomic E-state index is 5.47. The van der Waals surface area contributed by atoms with E-state index in [1.807, 2.05) is 72.8 Å². The number of hydrogen-bond donors (Lipinski definition) is 2. The molecule has 0 bridgehead atoms. The summed E-state index contributed by atoms with van der Waals surface area (Å²) in [4.78, 5) is 13.7. The molecule has 0 fully saturated rings. The topological polar surface area (TPSA) is 81.2 Å². The second-order valence-corrected chi connectivity index (χ2v) is 6.70. The highest BCUT2D eigenvalue weighted by Crippen LogP contribution is 2.35. The van der Waals surface area contributed by atoms with Crippen LogP contribution < -0.4 is 20.1 Å². The van der Waals surface area contributed by atoms with Gasteiger partial charge in [-0.25, -0.2) is 4.98 Å². The number of hydrogen-bond acceptors (Lipinski definition) is 7. The first-order chi connectivity index (χ1) is 14.8. The number of pyridine rings is 1. The summed E-state index contributed by atoms with van der Waals surface area (Å²) in [5, 5.41) is 6.61. The highest BCUT2D eigenvalue weighted by atomic mass is 16.7. The SMILES string of the molecule is c1ccc(-c2cc(Nc3ccc4c(c3)OCO4)nc(NCc3ccccn3)n2)cc1. The molecule has 2 aromatic carbocycles. The van der Waals surface area contributed by atoms with Crippen molar-refractivity contribution in [3.8, 4) is 22.8 Å². The van der Waals surface area contributed by atoms with Gasteiger partial charge in [0.1, 0.15) is 5.82 Å². The van der Waals surface area contributed by atoms with Gasteiger partial charge in [0.05, 0.1) is 17.9 Å². The summed E-state index contributed by atoms with van der Waals surface area (Å²) in [6.45, 7) is 0.772. The van der Waals surface area contributed by atoms with Gasteiger partial charge in [0.2, 0.25) is 12.7 Å². The minimum Gasteiger partial charge on any atom is -0.454 e. The molecule has 4 aromatic rings. The van der Waals surface area contributed by atoms with E-state index in [2.05, 4.69) is 25.6 Å². The van der Waals surface area contributed by atoms with E-state index in [4.69, 9.17) is 9.47 Å². The van der Waals surface area contributed by atoms with Gasteiger partial charge < -0.3 is 20.1 Å². The van der Waals surface area contributed by atoms with E-state index in [9.17, 15) is 0 Å². The molecule has 2 aromatic heterocycles. The van der Waals surface area contributed by atoms with E-state index in [-0.39, 0.29) is 6.79 Å². The molecule has 30 heavy (non-hydrogen) atoms. The standard InChI is InChI=1S/C23H19N5O2/c1-2-6-16(7-3-1)19-13-22(26-17-9-10-20-21(12-17)30-15-29-20)28-23(27-19)25-14-18-8-4-5-11-24-18/h1-13H,14-15H2,(H2,25,26,27,28).